The standard InChI is InChI=1S/C14H15ISi/c1-2-16(15,13-9-5-3-6-10-13)14-11-7-4-8-12-14/h3-12H,2H2,1H3. The third-order valence-corrected chi connectivity index (χ3v) is 12.4. The maximum Gasteiger partial charge on any atom is 0.185 e. The Morgan fingerprint density at radius 3 is 1.50 bits per heavy atom. The highest BCUT2D eigenvalue weighted by Crippen LogP contribution is 2.18. The van der Waals surface area contributed by atoms with Gasteiger partial charge in [0.15, 0.2) is 5.57 Å². The molecule has 82 valence electrons. The average molecular weight is 338 g/mol. The van der Waals surface area contributed by atoms with E-state index in [2.05, 4.69) is 89.4 Å². The van der Waals surface area contributed by atoms with E-state index >= 15 is 0 Å². The Morgan fingerprint density at radius 2 is 1.19 bits per heavy atom. The quantitative estimate of drug-likeness (QED) is 0.458. The van der Waals surface area contributed by atoms with Crippen LogP contribution in [0.15, 0.2) is 60.7 Å². The highest BCUT2D eigenvalue weighted by atomic mass is 127. The van der Waals surface area contributed by atoms with E-state index in [9.17, 15) is 0 Å². The summed E-state index contributed by atoms with van der Waals surface area (Å²) < 4.78 is 0. The van der Waals surface area contributed by atoms with Crippen LogP contribution in [0, 0.1) is 0 Å². The molecule has 16 heavy (non-hydrogen) atoms. The molecule has 0 aliphatic rings. The van der Waals surface area contributed by atoms with Crippen LogP contribution in [0.1, 0.15) is 6.92 Å². The van der Waals surface area contributed by atoms with Crippen LogP contribution in [0.25, 0.3) is 0 Å². The molecule has 0 fully saturated rings. The fraction of sp³-hybridized carbons (Fsp3) is 0.143. The van der Waals surface area contributed by atoms with E-state index in [-0.39, 0.29) is 0 Å². The summed E-state index contributed by atoms with van der Waals surface area (Å²) in [5.74, 6) is 0. The maximum absolute atomic E-state index is 2.71. The fourth-order valence-corrected chi connectivity index (χ4v) is 6.73. The van der Waals surface area contributed by atoms with Gasteiger partial charge in [0.25, 0.3) is 0 Å². The molecule has 0 atom stereocenters. The van der Waals surface area contributed by atoms with Crippen molar-refractivity contribution in [2.45, 2.75) is 13.0 Å². The zero-order chi connectivity index (χ0) is 11.4. The lowest BCUT2D eigenvalue weighted by atomic mass is 10.4. The van der Waals surface area contributed by atoms with Gasteiger partial charge in [0.05, 0.1) is 0 Å². The lowest BCUT2D eigenvalue weighted by molar-refractivity contribution is 1.43. The molecule has 2 heteroatoms. The second kappa shape index (κ2) is 5.14. The van der Waals surface area contributed by atoms with E-state index in [4.69, 9.17) is 0 Å². The van der Waals surface area contributed by atoms with Gasteiger partial charge in [-0.25, -0.2) is 0 Å². The predicted molar refractivity (Wildman–Crippen MR) is 82.4 cm³/mol. The molecule has 0 amide bonds. The number of benzene rings is 2. The van der Waals surface area contributed by atoms with Gasteiger partial charge in [-0.2, -0.15) is 0 Å². The van der Waals surface area contributed by atoms with Crippen molar-refractivity contribution in [3.8, 4) is 0 Å². The van der Waals surface area contributed by atoms with Crippen LogP contribution in [0.3, 0.4) is 0 Å². The van der Waals surface area contributed by atoms with Gasteiger partial charge < -0.3 is 0 Å². The average Bonchev–Trinajstić information content (AvgIpc) is 2.40. The summed E-state index contributed by atoms with van der Waals surface area (Å²) in [6.45, 7) is 2.30. The summed E-state index contributed by atoms with van der Waals surface area (Å²) in [5, 5.41) is 3.04. The summed E-state index contributed by atoms with van der Waals surface area (Å²) >= 11 is 2.71. The monoisotopic (exact) mass is 338 g/mol. The summed E-state index contributed by atoms with van der Waals surface area (Å²) in [6.07, 6.45) is 0. The highest BCUT2D eigenvalue weighted by Gasteiger charge is 2.31. The van der Waals surface area contributed by atoms with Crippen molar-refractivity contribution in [3.05, 3.63) is 60.7 Å². The Kier molecular flexibility index (Phi) is 3.81. The van der Waals surface area contributed by atoms with Crippen molar-refractivity contribution in [1.29, 1.82) is 0 Å². The molecular weight excluding hydrogens is 323 g/mol. The van der Waals surface area contributed by atoms with Crippen LogP contribution in [0.2, 0.25) is 6.04 Å². The molecule has 0 saturated heterocycles. The van der Waals surface area contributed by atoms with Crippen LogP contribution in [-0.4, -0.2) is 5.57 Å². The third-order valence-electron chi connectivity index (χ3n) is 2.95. The molecule has 0 unspecified atom stereocenters. The summed E-state index contributed by atoms with van der Waals surface area (Å²) in [6, 6.07) is 23.1. The zero-order valence-electron chi connectivity index (χ0n) is 9.36. The first-order chi connectivity index (χ1) is 7.77. The molecule has 0 nitrogen and oxygen atoms in total. The van der Waals surface area contributed by atoms with Crippen LogP contribution < -0.4 is 10.4 Å². The Labute approximate surface area is 111 Å². The fourth-order valence-electron chi connectivity index (χ4n) is 1.98. The van der Waals surface area contributed by atoms with E-state index in [0.717, 1.165) is 0 Å². The van der Waals surface area contributed by atoms with Gasteiger partial charge in [0, 0.05) is 0 Å². The van der Waals surface area contributed by atoms with E-state index < -0.39 is 5.57 Å². The third kappa shape index (κ3) is 2.22. The van der Waals surface area contributed by atoms with Crippen molar-refractivity contribution in [2.75, 3.05) is 0 Å². The topological polar surface area (TPSA) is 0 Å². The highest BCUT2D eigenvalue weighted by molar-refractivity contribution is 14.1. The van der Waals surface area contributed by atoms with Crippen molar-refractivity contribution in [1.82, 2.24) is 0 Å². The minimum absolute atomic E-state index is 1.24. The van der Waals surface area contributed by atoms with E-state index in [1.807, 2.05) is 0 Å². The van der Waals surface area contributed by atoms with Crippen LogP contribution >= 0.6 is 21.8 Å². The maximum atomic E-state index is 2.71. The van der Waals surface area contributed by atoms with Gasteiger partial charge >= 0.3 is 0 Å². The number of rotatable bonds is 3. The first kappa shape index (κ1) is 11.9. The summed E-state index contributed by atoms with van der Waals surface area (Å²) in [4.78, 5) is 0. The molecule has 2 aromatic rings. The summed E-state index contributed by atoms with van der Waals surface area (Å²) in [5.41, 5.74) is -1.51. The molecule has 0 saturated carbocycles. The molecule has 0 N–H and O–H groups in total. The second-order valence-corrected chi connectivity index (χ2v) is 12.9. The van der Waals surface area contributed by atoms with Crippen LogP contribution in [0.5, 0.6) is 0 Å². The van der Waals surface area contributed by atoms with Gasteiger partial charge in [0.1, 0.15) is 0 Å². The van der Waals surface area contributed by atoms with Gasteiger partial charge in [-0.15, -0.1) is 21.8 Å². The largest absolute Gasteiger partial charge is 0.185 e. The molecule has 2 rings (SSSR count). The summed E-state index contributed by atoms with van der Waals surface area (Å²) in [7, 11) is 0. The van der Waals surface area contributed by atoms with E-state index in [1.54, 1.807) is 0 Å². The van der Waals surface area contributed by atoms with Crippen molar-refractivity contribution in [2.24, 2.45) is 0 Å². The first-order valence-corrected chi connectivity index (χ1v) is 10.9. The molecule has 0 radical (unpaired) electrons. The van der Waals surface area contributed by atoms with Gasteiger partial charge in [0.2, 0.25) is 0 Å². The Morgan fingerprint density at radius 1 is 0.812 bits per heavy atom. The number of hydrogen-bond donors (Lipinski definition) is 0. The molecule has 0 spiro atoms. The molecular formula is C14H15ISi. The van der Waals surface area contributed by atoms with E-state index in [1.165, 1.54) is 16.4 Å². The minimum Gasteiger partial charge on any atom is -0.106 e. The molecule has 0 heterocycles. The molecule has 0 aliphatic carbocycles. The number of hydrogen-bond acceptors (Lipinski definition) is 0. The molecule has 2 aromatic carbocycles. The van der Waals surface area contributed by atoms with Crippen molar-refractivity contribution >= 4 is 37.7 Å². The predicted octanol–water partition coefficient (Wildman–Crippen LogP) is 3.20. The SMILES string of the molecule is CC[Si](I)(c1ccccc1)c1ccccc1. The van der Waals surface area contributed by atoms with Crippen LogP contribution in [0.4, 0.5) is 0 Å². The Balaban J connectivity index is 2.49. The number of halogens is 1. The smallest absolute Gasteiger partial charge is 0.106 e. The Hall–Kier alpha value is -0.613. The molecule has 0 bridgehead atoms. The van der Waals surface area contributed by atoms with Crippen LogP contribution in [-0.2, 0) is 0 Å². The normalized spacial score (nSPS) is 11.4. The lowest BCUT2D eigenvalue weighted by Gasteiger charge is -2.24. The van der Waals surface area contributed by atoms with Gasteiger partial charge in [-0.1, -0.05) is 67.6 Å². The molecule has 0 aromatic heterocycles. The van der Waals surface area contributed by atoms with Crippen molar-refractivity contribution in [3.63, 3.8) is 0 Å². The molecule has 0 aliphatic heterocycles. The second-order valence-electron chi connectivity index (χ2n) is 3.89. The van der Waals surface area contributed by atoms with Gasteiger partial charge in [-0.05, 0) is 16.4 Å². The van der Waals surface area contributed by atoms with E-state index in [0.29, 0.717) is 0 Å². The Bertz CT molecular complexity index is 399. The van der Waals surface area contributed by atoms with Gasteiger partial charge in [-0.3, -0.25) is 0 Å². The van der Waals surface area contributed by atoms with Crippen molar-refractivity contribution < 1.29 is 0 Å². The zero-order valence-corrected chi connectivity index (χ0v) is 12.5. The lowest BCUT2D eigenvalue weighted by Crippen LogP contribution is -2.52. The minimum atomic E-state index is -1.51. The first-order valence-electron chi connectivity index (χ1n) is 5.57.